The van der Waals surface area contributed by atoms with Gasteiger partial charge in [-0.25, -0.2) is 0 Å². The maximum absolute atomic E-state index is 3.99. The van der Waals surface area contributed by atoms with Gasteiger partial charge in [-0.2, -0.15) is 5.10 Å². The minimum absolute atomic E-state index is 0.171. The Morgan fingerprint density at radius 3 is 2.93 bits per heavy atom. The second-order valence-corrected chi connectivity index (χ2v) is 4.19. The maximum Gasteiger partial charge on any atom is 0.206 e. The lowest BCUT2D eigenvalue weighted by Gasteiger charge is -2.09. The van der Waals surface area contributed by atoms with E-state index in [0.29, 0.717) is 0 Å². The lowest BCUT2D eigenvalue weighted by Crippen LogP contribution is -2.06. The topological polar surface area (TPSA) is 66.5 Å². The molecule has 2 heterocycles. The number of aromatic amines is 1. The van der Waals surface area contributed by atoms with Gasteiger partial charge in [0, 0.05) is 6.20 Å². The van der Waals surface area contributed by atoms with Gasteiger partial charge in [0.1, 0.15) is 5.01 Å². The number of nitrogens with zero attached hydrogens (tertiary/aromatic N) is 3. The Hall–Kier alpha value is -1.43. The Kier molecular flexibility index (Phi) is 2.45. The summed E-state index contributed by atoms with van der Waals surface area (Å²) in [5.74, 6) is 0. The molecule has 0 bridgehead atoms. The molecule has 0 amide bonds. The van der Waals surface area contributed by atoms with Gasteiger partial charge in [0.15, 0.2) is 0 Å². The van der Waals surface area contributed by atoms with E-state index in [1.54, 1.807) is 17.5 Å². The first kappa shape index (κ1) is 9.14. The van der Waals surface area contributed by atoms with E-state index in [0.717, 1.165) is 15.8 Å². The summed E-state index contributed by atoms with van der Waals surface area (Å²) in [5.41, 5.74) is 1.04. The molecule has 0 fully saturated rings. The third-order valence-electron chi connectivity index (χ3n) is 1.85. The second kappa shape index (κ2) is 3.75. The van der Waals surface area contributed by atoms with Crippen LogP contribution in [0.4, 0.5) is 5.13 Å². The van der Waals surface area contributed by atoms with Crippen LogP contribution in [0.3, 0.4) is 0 Å². The number of aryl methyl sites for hydroxylation is 1. The Bertz CT molecular complexity index is 394. The number of hydrogen-bond donors (Lipinski definition) is 2. The summed E-state index contributed by atoms with van der Waals surface area (Å²) >= 11 is 1.55. The van der Waals surface area contributed by atoms with Crippen LogP contribution in [0.15, 0.2) is 12.3 Å². The van der Waals surface area contributed by atoms with E-state index < -0.39 is 0 Å². The molecule has 0 aliphatic rings. The van der Waals surface area contributed by atoms with E-state index in [9.17, 15) is 0 Å². The predicted octanol–water partition coefficient (Wildman–Crippen LogP) is 1.74. The third-order valence-corrected chi connectivity index (χ3v) is 2.62. The van der Waals surface area contributed by atoms with E-state index in [1.165, 1.54) is 0 Å². The zero-order chi connectivity index (χ0) is 9.97. The van der Waals surface area contributed by atoms with Gasteiger partial charge in [-0.15, -0.1) is 10.2 Å². The van der Waals surface area contributed by atoms with Crippen molar-refractivity contribution < 1.29 is 0 Å². The maximum atomic E-state index is 3.99. The number of hydrogen-bond acceptors (Lipinski definition) is 5. The summed E-state index contributed by atoms with van der Waals surface area (Å²) in [6, 6.07) is 2.11. The third kappa shape index (κ3) is 1.90. The van der Waals surface area contributed by atoms with Gasteiger partial charge in [-0.05, 0) is 19.9 Å². The lowest BCUT2D eigenvalue weighted by atomic mass is 10.2. The van der Waals surface area contributed by atoms with Crippen molar-refractivity contribution in [2.45, 2.75) is 19.9 Å². The Morgan fingerprint density at radius 1 is 1.50 bits per heavy atom. The number of rotatable bonds is 3. The molecule has 5 nitrogen and oxygen atoms in total. The quantitative estimate of drug-likeness (QED) is 0.808. The fourth-order valence-corrected chi connectivity index (χ4v) is 1.80. The summed E-state index contributed by atoms with van der Waals surface area (Å²) in [6.45, 7) is 3.98. The van der Waals surface area contributed by atoms with Crippen LogP contribution in [-0.2, 0) is 0 Å². The van der Waals surface area contributed by atoms with Crippen LogP contribution in [0.5, 0.6) is 0 Å². The number of aromatic nitrogens is 4. The summed E-state index contributed by atoms with van der Waals surface area (Å²) in [5, 5.41) is 19.8. The van der Waals surface area contributed by atoms with Crippen molar-refractivity contribution >= 4 is 16.5 Å². The van der Waals surface area contributed by atoms with Crippen LogP contribution >= 0.6 is 11.3 Å². The van der Waals surface area contributed by atoms with Crippen LogP contribution in [0.25, 0.3) is 0 Å². The van der Waals surface area contributed by atoms with E-state index in [1.807, 2.05) is 19.9 Å². The molecule has 0 spiro atoms. The van der Waals surface area contributed by atoms with Crippen molar-refractivity contribution in [1.82, 2.24) is 20.4 Å². The molecule has 0 saturated heterocycles. The van der Waals surface area contributed by atoms with E-state index in [-0.39, 0.29) is 6.04 Å². The molecule has 14 heavy (non-hydrogen) atoms. The van der Waals surface area contributed by atoms with Crippen LogP contribution in [0.2, 0.25) is 0 Å². The minimum Gasteiger partial charge on any atom is -0.352 e. The summed E-state index contributed by atoms with van der Waals surface area (Å²) in [6.07, 6.45) is 1.73. The highest BCUT2D eigenvalue weighted by Crippen LogP contribution is 2.20. The molecular weight excluding hydrogens is 198 g/mol. The Morgan fingerprint density at radius 2 is 2.36 bits per heavy atom. The van der Waals surface area contributed by atoms with Crippen molar-refractivity contribution in [2.24, 2.45) is 0 Å². The highest BCUT2D eigenvalue weighted by molar-refractivity contribution is 7.15. The van der Waals surface area contributed by atoms with Crippen LogP contribution in [0.1, 0.15) is 23.7 Å². The molecular formula is C8H11N5S. The monoisotopic (exact) mass is 209 g/mol. The molecule has 0 aliphatic heterocycles. The molecule has 0 aromatic carbocycles. The molecule has 1 atom stereocenters. The van der Waals surface area contributed by atoms with Gasteiger partial charge >= 0.3 is 0 Å². The van der Waals surface area contributed by atoms with Gasteiger partial charge < -0.3 is 5.32 Å². The zero-order valence-electron chi connectivity index (χ0n) is 7.98. The average Bonchev–Trinajstić information content (AvgIpc) is 2.75. The largest absolute Gasteiger partial charge is 0.352 e. The first-order chi connectivity index (χ1) is 6.75. The zero-order valence-corrected chi connectivity index (χ0v) is 8.80. The van der Waals surface area contributed by atoms with E-state index >= 15 is 0 Å². The predicted molar refractivity (Wildman–Crippen MR) is 55.3 cm³/mol. The molecule has 6 heteroatoms. The van der Waals surface area contributed by atoms with Gasteiger partial charge in [0.25, 0.3) is 0 Å². The minimum atomic E-state index is 0.171. The van der Waals surface area contributed by atoms with Crippen LogP contribution in [-0.4, -0.2) is 20.4 Å². The number of anilines is 1. The number of nitrogens with one attached hydrogen (secondary N) is 2. The first-order valence-electron chi connectivity index (χ1n) is 4.31. The first-order valence-corrected chi connectivity index (χ1v) is 5.13. The van der Waals surface area contributed by atoms with E-state index in [2.05, 4.69) is 25.7 Å². The van der Waals surface area contributed by atoms with E-state index in [4.69, 9.17) is 0 Å². The Balaban J connectivity index is 2.05. The average molecular weight is 209 g/mol. The normalized spacial score (nSPS) is 12.7. The molecule has 2 N–H and O–H groups in total. The highest BCUT2D eigenvalue weighted by atomic mass is 32.1. The van der Waals surface area contributed by atoms with Crippen molar-refractivity contribution in [3.63, 3.8) is 0 Å². The highest BCUT2D eigenvalue weighted by Gasteiger charge is 2.08. The molecule has 2 rings (SSSR count). The van der Waals surface area contributed by atoms with Gasteiger partial charge in [-0.1, -0.05) is 11.3 Å². The molecule has 2 aromatic heterocycles. The summed E-state index contributed by atoms with van der Waals surface area (Å²) < 4.78 is 0. The number of H-pyrrole nitrogens is 1. The van der Waals surface area contributed by atoms with Crippen molar-refractivity contribution in [2.75, 3.05) is 5.32 Å². The molecule has 74 valence electrons. The Labute approximate surface area is 85.6 Å². The van der Waals surface area contributed by atoms with Crippen molar-refractivity contribution in [3.8, 4) is 0 Å². The second-order valence-electron chi connectivity index (χ2n) is 3.00. The molecule has 0 saturated carbocycles. The fourth-order valence-electron chi connectivity index (χ4n) is 1.13. The van der Waals surface area contributed by atoms with Crippen molar-refractivity contribution in [1.29, 1.82) is 0 Å². The lowest BCUT2D eigenvalue weighted by molar-refractivity contribution is 0.819. The summed E-state index contributed by atoms with van der Waals surface area (Å²) in [4.78, 5) is 0. The van der Waals surface area contributed by atoms with Crippen LogP contribution < -0.4 is 5.32 Å². The molecule has 0 aliphatic carbocycles. The van der Waals surface area contributed by atoms with Gasteiger partial charge in [0.05, 0.1) is 11.7 Å². The van der Waals surface area contributed by atoms with Crippen LogP contribution in [0, 0.1) is 6.92 Å². The molecule has 2 aromatic rings. The standard InChI is InChI=1S/C8H11N5S/c1-5(7-3-4-9-12-7)10-8-13-11-6(2)14-8/h3-5H,1-2H3,(H,9,12)(H,10,13). The van der Waals surface area contributed by atoms with Gasteiger partial charge in [0.2, 0.25) is 5.13 Å². The molecule has 0 radical (unpaired) electrons. The SMILES string of the molecule is Cc1nnc(NC(C)c2ccn[nH]2)s1. The summed E-state index contributed by atoms with van der Waals surface area (Å²) in [7, 11) is 0. The molecule has 1 unspecified atom stereocenters. The van der Waals surface area contributed by atoms with Gasteiger partial charge in [-0.3, -0.25) is 5.10 Å². The van der Waals surface area contributed by atoms with Crippen molar-refractivity contribution in [3.05, 3.63) is 23.0 Å². The smallest absolute Gasteiger partial charge is 0.206 e. The fraction of sp³-hybridized carbons (Fsp3) is 0.375.